The highest BCUT2D eigenvalue weighted by atomic mass is 35.5. The number of halogens is 4. The number of carbonyl (C=O) groups excluding carboxylic acids is 1. The van der Waals surface area contributed by atoms with Crippen molar-refractivity contribution in [2.45, 2.75) is 50.7 Å². The van der Waals surface area contributed by atoms with E-state index in [1.807, 2.05) is 0 Å². The Morgan fingerprint density at radius 2 is 2.00 bits per heavy atom. The normalized spacial score (nSPS) is 22.4. The van der Waals surface area contributed by atoms with Crippen molar-refractivity contribution >= 4 is 17.5 Å². The Hall–Kier alpha value is -0.450. The average molecular weight is 272 g/mol. The van der Waals surface area contributed by atoms with Crippen LogP contribution in [-0.2, 0) is 4.79 Å². The molecule has 0 aromatic rings. The fourth-order valence-electron chi connectivity index (χ4n) is 2.06. The van der Waals surface area contributed by atoms with Crippen molar-refractivity contribution in [3.05, 3.63) is 0 Å². The van der Waals surface area contributed by atoms with Crippen molar-refractivity contribution in [2.75, 3.05) is 12.4 Å². The quantitative estimate of drug-likeness (QED) is 0.721. The fraction of sp³-hybridized carbons (Fsp3) is 0.909. The number of alkyl halides is 4. The van der Waals surface area contributed by atoms with Crippen molar-refractivity contribution in [1.29, 1.82) is 0 Å². The third kappa shape index (κ3) is 5.15. The van der Waals surface area contributed by atoms with Crippen molar-refractivity contribution in [3.63, 3.8) is 0 Å². The van der Waals surface area contributed by atoms with E-state index < -0.39 is 24.9 Å². The van der Waals surface area contributed by atoms with Gasteiger partial charge >= 0.3 is 6.18 Å². The summed E-state index contributed by atoms with van der Waals surface area (Å²) in [6.07, 6.45) is -2.13. The van der Waals surface area contributed by atoms with Gasteiger partial charge in [-0.25, -0.2) is 0 Å². The summed E-state index contributed by atoms with van der Waals surface area (Å²) in [7, 11) is 0. The highest BCUT2D eigenvalue weighted by Crippen LogP contribution is 2.24. The first-order valence-electron chi connectivity index (χ1n) is 5.86. The lowest BCUT2D eigenvalue weighted by Gasteiger charge is -2.28. The monoisotopic (exact) mass is 271 g/mol. The third-order valence-electron chi connectivity index (χ3n) is 3.00. The molecular weight excluding hydrogens is 255 g/mol. The number of carbonyl (C=O) groups is 1. The van der Waals surface area contributed by atoms with Crippen LogP contribution >= 0.6 is 11.6 Å². The van der Waals surface area contributed by atoms with Crippen LogP contribution < -0.4 is 0 Å². The zero-order chi connectivity index (χ0) is 12.9. The molecule has 0 bridgehead atoms. The van der Waals surface area contributed by atoms with Crippen LogP contribution in [-0.4, -0.2) is 35.4 Å². The summed E-state index contributed by atoms with van der Waals surface area (Å²) in [6.45, 7) is 0.536. The van der Waals surface area contributed by atoms with Crippen LogP contribution in [0.4, 0.5) is 13.2 Å². The van der Waals surface area contributed by atoms with Gasteiger partial charge in [0.1, 0.15) is 0 Å². The van der Waals surface area contributed by atoms with Gasteiger partial charge in [-0.15, -0.1) is 11.6 Å². The molecule has 17 heavy (non-hydrogen) atoms. The van der Waals surface area contributed by atoms with Crippen molar-refractivity contribution in [1.82, 2.24) is 4.90 Å². The Morgan fingerprint density at radius 3 is 2.59 bits per heavy atom. The van der Waals surface area contributed by atoms with Gasteiger partial charge in [-0.3, -0.25) is 4.79 Å². The second kappa shape index (κ2) is 6.47. The minimum atomic E-state index is -4.27. The first-order chi connectivity index (χ1) is 7.94. The number of nitrogens with zero attached hydrogens (tertiary/aromatic N) is 1. The van der Waals surface area contributed by atoms with E-state index in [1.165, 1.54) is 4.90 Å². The number of likely N-dealkylation sites (tertiary alicyclic amines) is 1. The Morgan fingerprint density at radius 1 is 1.29 bits per heavy atom. The number of hydrogen-bond donors (Lipinski definition) is 0. The van der Waals surface area contributed by atoms with Crippen molar-refractivity contribution in [3.8, 4) is 0 Å². The highest BCUT2D eigenvalue weighted by molar-refractivity contribution is 6.18. The van der Waals surface area contributed by atoms with Crippen molar-refractivity contribution in [2.24, 2.45) is 0 Å². The summed E-state index contributed by atoms with van der Waals surface area (Å²) in [5.74, 6) is -0.118. The van der Waals surface area contributed by atoms with Crippen molar-refractivity contribution < 1.29 is 18.0 Å². The molecule has 0 aliphatic carbocycles. The second-order valence-corrected chi connectivity index (χ2v) is 4.67. The molecule has 1 aliphatic rings. The first-order valence-corrected chi connectivity index (χ1v) is 6.39. The van der Waals surface area contributed by atoms with E-state index in [-0.39, 0.29) is 6.04 Å². The van der Waals surface area contributed by atoms with E-state index in [2.05, 4.69) is 0 Å². The van der Waals surface area contributed by atoms with Gasteiger partial charge in [0.2, 0.25) is 5.91 Å². The van der Waals surface area contributed by atoms with Crippen LogP contribution in [0.3, 0.4) is 0 Å². The molecule has 0 radical (unpaired) electrons. The molecule has 0 aromatic heterocycles. The minimum Gasteiger partial charge on any atom is -0.339 e. The summed E-state index contributed by atoms with van der Waals surface area (Å²) in [4.78, 5) is 13.3. The van der Waals surface area contributed by atoms with Gasteiger partial charge in [-0.2, -0.15) is 13.2 Å². The van der Waals surface area contributed by atoms with E-state index >= 15 is 0 Å². The topological polar surface area (TPSA) is 20.3 Å². The van der Waals surface area contributed by atoms with Gasteiger partial charge in [-0.05, 0) is 12.8 Å². The van der Waals surface area contributed by atoms with E-state index in [1.54, 1.807) is 0 Å². The zero-order valence-electron chi connectivity index (χ0n) is 9.60. The lowest BCUT2D eigenvalue weighted by atomic mass is 10.1. The Balaban J connectivity index is 2.52. The number of amides is 1. The summed E-state index contributed by atoms with van der Waals surface area (Å²) in [5, 5.41) is 0. The van der Waals surface area contributed by atoms with E-state index in [4.69, 9.17) is 11.6 Å². The summed E-state index contributed by atoms with van der Waals surface area (Å²) in [5.41, 5.74) is 0. The maximum absolute atomic E-state index is 12.0. The molecule has 1 rings (SSSR count). The molecule has 0 aromatic carbocycles. The van der Waals surface area contributed by atoms with E-state index in [0.717, 1.165) is 25.7 Å². The molecular formula is C11H17ClF3NO. The summed E-state index contributed by atoms with van der Waals surface area (Å²) in [6, 6.07) is -0.0973. The fourth-order valence-corrected chi connectivity index (χ4v) is 2.38. The molecule has 1 unspecified atom stereocenters. The molecule has 1 fully saturated rings. The van der Waals surface area contributed by atoms with Gasteiger partial charge < -0.3 is 4.90 Å². The molecule has 1 saturated heterocycles. The second-order valence-electron chi connectivity index (χ2n) is 4.36. The van der Waals surface area contributed by atoms with Gasteiger partial charge in [0.25, 0.3) is 0 Å². The lowest BCUT2D eigenvalue weighted by Crippen LogP contribution is -2.41. The largest absolute Gasteiger partial charge is 0.389 e. The SMILES string of the molecule is O=C(CCC(F)(F)F)N1CCCCCC1CCl. The molecule has 100 valence electrons. The Labute approximate surface area is 104 Å². The Kier molecular flexibility index (Phi) is 5.56. The summed E-state index contributed by atoms with van der Waals surface area (Å²) >= 11 is 5.77. The van der Waals surface area contributed by atoms with Gasteiger partial charge in [-0.1, -0.05) is 12.8 Å². The van der Waals surface area contributed by atoms with Crippen LogP contribution in [0, 0.1) is 0 Å². The highest BCUT2D eigenvalue weighted by Gasteiger charge is 2.31. The maximum Gasteiger partial charge on any atom is 0.389 e. The molecule has 0 spiro atoms. The molecule has 6 heteroatoms. The minimum absolute atomic E-state index is 0.0973. The predicted octanol–water partition coefficient (Wildman–Crippen LogP) is 3.34. The molecule has 0 saturated carbocycles. The molecule has 1 amide bonds. The Bertz CT molecular complexity index is 258. The van der Waals surface area contributed by atoms with Gasteiger partial charge in [0.05, 0.1) is 6.42 Å². The van der Waals surface area contributed by atoms with E-state index in [0.29, 0.717) is 12.4 Å². The summed E-state index contributed by atoms with van der Waals surface area (Å²) < 4.78 is 36.1. The van der Waals surface area contributed by atoms with Crippen LogP contribution in [0.5, 0.6) is 0 Å². The first kappa shape index (κ1) is 14.6. The number of rotatable bonds is 3. The van der Waals surface area contributed by atoms with Gasteiger partial charge in [0, 0.05) is 24.9 Å². The standard InChI is InChI=1S/C11H17ClF3NO/c12-8-9-4-2-1-3-7-16(9)10(17)5-6-11(13,14)15/h9H,1-8H2. The molecule has 2 nitrogen and oxygen atoms in total. The lowest BCUT2D eigenvalue weighted by molar-refractivity contribution is -0.150. The zero-order valence-corrected chi connectivity index (χ0v) is 10.4. The maximum atomic E-state index is 12.0. The van der Waals surface area contributed by atoms with Crippen LogP contribution in [0.15, 0.2) is 0 Å². The third-order valence-corrected chi connectivity index (χ3v) is 3.35. The molecule has 1 aliphatic heterocycles. The smallest absolute Gasteiger partial charge is 0.339 e. The molecule has 0 N–H and O–H groups in total. The van der Waals surface area contributed by atoms with Crippen LogP contribution in [0.25, 0.3) is 0 Å². The predicted molar refractivity (Wildman–Crippen MR) is 60.0 cm³/mol. The number of hydrogen-bond acceptors (Lipinski definition) is 1. The van der Waals surface area contributed by atoms with E-state index in [9.17, 15) is 18.0 Å². The molecule has 1 atom stereocenters. The van der Waals surface area contributed by atoms with Gasteiger partial charge in [0.15, 0.2) is 0 Å². The average Bonchev–Trinajstić information content (AvgIpc) is 2.49. The molecule has 1 heterocycles. The van der Waals surface area contributed by atoms with Crippen LogP contribution in [0.1, 0.15) is 38.5 Å². The van der Waals surface area contributed by atoms with Crippen LogP contribution in [0.2, 0.25) is 0 Å².